The molecule has 3 N–H and O–H groups in total. The van der Waals surface area contributed by atoms with Crippen LogP contribution >= 0.6 is 0 Å². The molecule has 0 spiro atoms. The number of phenolic OH excluding ortho intramolecular Hbond substituents is 3. The predicted molar refractivity (Wildman–Crippen MR) is 257 cm³/mol. The Balaban J connectivity index is 0.000000400. The maximum Gasteiger partial charge on any atom is 0.315 e. The van der Waals surface area contributed by atoms with Gasteiger partial charge in [0, 0.05) is 0 Å². The zero-order chi connectivity index (χ0) is 43.3. The molecular formula is C42H78O8Si7. The number of rotatable bonds is 22. The molecule has 322 valence electrons. The van der Waals surface area contributed by atoms with Gasteiger partial charge in [0.15, 0.2) is 33.3 Å². The molecule has 3 aromatic carbocycles. The first-order chi connectivity index (χ1) is 26.0. The van der Waals surface area contributed by atoms with E-state index < -0.39 is 59.0 Å². The van der Waals surface area contributed by atoms with Crippen LogP contribution in [0.4, 0.5) is 0 Å². The summed E-state index contributed by atoms with van der Waals surface area (Å²) in [6, 6.07) is 25.8. The van der Waals surface area contributed by atoms with Crippen molar-refractivity contribution in [1.82, 2.24) is 0 Å². The third-order valence-electron chi connectivity index (χ3n) is 9.08. The van der Waals surface area contributed by atoms with E-state index in [1.54, 1.807) is 18.2 Å². The molecular weight excluding hydrogens is 829 g/mol. The van der Waals surface area contributed by atoms with E-state index in [1.807, 2.05) is 54.6 Å². The summed E-state index contributed by atoms with van der Waals surface area (Å²) in [4.78, 5) is 0. The van der Waals surface area contributed by atoms with E-state index in [0.29, 0.717) is 17.2 Å². The molecule has 0 amide bonds. The molecule has 15 heteroatoms. The van der Waals surface area contributed by atoms with Gasteiger partial charge in [0.1, 0.15) is 17.2 Å². The number of aryl methyl sites for hydroxylation is 3. The van der Waals surface area contributed by atoms with E-state index in [9.17, 15) is 15.3 Å². The van der Waals surface area contributed by atoms with Crippen LogP contribution in [0.25, 0.3) is 0 Å². The fourth-order valence-corrected chi connectivity index (χ4v) is 39.7. The molecule has 0 bridgehead atoms. The average Bonchev–Trinajstić information content (AvgIpc) is 3.00. The zero-order valence-corrected chi connectivity index (χ0v) is 45.2. The smallest absolute Gasteiger partial charge is 0.315 e. The predicted octanol–water partition coefficient (Wildman–Crippen LogP) is 12.6. The highest BCUT2D eigenvalue weighted by Crippen LogP contribution is 2.31. The van der Waals surface area contributed by atoms with E-state index in [2.05, 4.69) is 98.2 Å². The zero-order valence-electron chi connectivity index (χ0n) is 38.2. The molecule has 0 aliphatic heterocycles. The van der Waals surface area contributed by atoms with Crippen LogP contribution in [0.2, 0.25) is 116 Å². The Morgan fingerprint density at radius 1 is 0.368 bits per heavy atom. The molecule has 3 rings (SSSR count). The van der Waals surface area contributed by atoms with E-state index in [-0.39, 0.29) is 0 Å². The second kappa shape index (κ2) is 21.8. The Bertz CT molecular complexity index is 1590. The maximum atomic E-state index is 9.99. The van der Waals surface area contributed by atoms with Gasteiger partial charge < -0.3 is 35.9 Å². The first kappa shape index (κ1) is 51.5. The summed E-state index contributed by atoms with van der Waals surface area (Å²) < 4.78 is 33.1. The average molecular weight is 908 g/mol. The molecule has 0 aromatic heterocycles. The number of para-hydroxylation sites is 3. The fourth-order valence-electron chi connectivity index (χ4n) is 7.68. The number of phenols is 3. The van der Waals surface area contributed by atoms with Gasteiger partial charge in [-0.2, -0.15) is 0 Å². The lowest BCUT2D eigenvalue weighted by atomic mass is 10.1. The highest BCUT2D eigenvalue weighted by atomic mass is 28.5. The van der Waals surface area contributed by atoms with Crippen molar-refractivity contribution in [1.29, 1.82) is 0 Å². The summed E-state index contributed by atoms with van der Waals surface area (Å²) in [5.41, 5.74) is 3.02. The van der Waals surface area contributed by atoms with E-state index in [4.69, 9.17) is 20.6 Å². The van der Waals surface area contributed by atoms with Crippen molar-refractivity contribution in [3.05, 3.63) is 89.5 Å². The van der Waals surface area contributed by atoms with Crippen molar-refractivity contribution in [3.8, 4) is 17.2 Å². The molecule has 1 atom stereocenters. The monoisotopic (exact) mass is 906 g/mol. The van der Waals surface area contributed by atoms with Crippen molar-refractivity contribution in [2.75, 3.05) is 0 Å². The molecule has 0 radical (unpaired) electrons. The summed E-state index contributed by atoms with van der Waals surface area (Å²) in [6.45, 7) is 33.3. The quantitative estimate of drug-likeness (QED) is 0.0856. The fraction of sp³-hybridized carbons (Fsp3) is 0.571. The SMILES string of the molecule is C[Si](C)(C)O[Si](C)(C)O[Si](C)(CCCc1ccccc1O)O[Si](C)(C)C.C[Si](C)(CCCc1ccccc1O)O[Si](C)(C)O[Si](C)(C)CCCc1ccccc1O. The van der Waals surface area contributed by atoms with Crippen LogP contribution in [0.5, 0.6) is 17.2 Å². The van der Waals surface area contributed by atoms with Crippen LogP contribution in [0.1, 0.15) is 36.0 Å². The highest BCUT2D eigenvalue weighted by Gasteiger charge is 2.44. The van der Waals surface area contributed by atoms with Crippen LogP contribution in [0.3, 0.4) is 0 Å². The third-order valence-corrected chi connectivity index (χ3v) is 34.1. The first-order valence-corrected chi connectivity index (χ1v) is 42.0. The summed E-state index contributed by atoms with van der Waals surface area (Å²) in [5, 5.41) is 29.9. The van der Waals surface area contributed by atoms with Crippen molar-refractivity contribution in [3.63, 3.8) is 0 Å². The normalized spacial score (nSPS) is 14.2. The summed E-state index contributed by atoms with van der Waals surface area (Å²) in [7, 11) is -13.9. The number of benzene rings is 3. The molecule has 0 saturated carbocycles. The molecule has 0 heterocycles. The second-order valence-corrected chi connectivity index (χ2v) is 48.6. The number of hydrogen-bond acceptors (Lipinski definition) is 8. The van der Waals surface area contributed by atoms with Gasteiger partial charge in [-0.25, -0.2) is 0 Å². The van der Waals surface area contributed by atoms with Crippen LogP contribution in [0, 0.1) is 0 Å². The molecule has 0 fully saturated rings. The Kier molecular flexibility index (Phi) is 19.7. The van der Waals surface area contributed by atoms with Gasteiger partial charge in [-0.3, -0.25) is 0 Å². The van der Waals surface area contributed by atoms with Crippen molar-refractivity contribution < 1.29 is 35.9 Å². The minimum atomic E-state index is -2.35. The van der Waals surface area contributed by atoms with E-state index in [0.717, 1.165) is 73.3 Å². The first-order valence-electron chi connectivity index (χ1n) is 20.8. The maximum absolute atomic E-state index is 9.99. The summed E-state index contributed by atoms with van der Waals surface area (Å²) in [5.74, 6) is 1.15. The Labute approximate surface area is 354 Å². The highest BCUT2D eigenvalue weighted by molar-refractivity contribution is 6.89. The van der Waals surface area contributed by atoms with E-state index in [1.165, 1.54) is 0 Å². The van der Waals surface area contributed by atoms with Crippen molar-refractivity contribution in [2.45, 2.75) is 155 Å². The van der Waals surface area contributed by atoms with E-state index >= 15 is 0 Å². The Hall–Kier alpha value is -1.62. The van der Waals surface area contributed by atoms with Gasteiger partial charge >= 0.3 is 25.7 Å². The van der Waals surface area contributed by atoms with Gasteiger partial charge in [0.25, 0.3) is 0 Å². The lowest BCUT2D eigenvalue weighted by Gasteiger charge is -2.41. The Morgan fingerprint density at radius 3 is 0.982 bits per heavy atom. The van der Waals surface area contributed by atoms with Crippen molar-refractivity contribution >= 4 is 59.0 Å². The summed E-state index contributed by atoms with van der Waals surface area (Å²) >= 11 is 0. The topological polar surface area (TPSA) is 107 Å². The molecule has 0 saturated heterocycles. The minimum absolute atomic E-state index is 0.375. The van der Waals surface area contributed by atoms with Gasteiger partial charge in [-0.05, 0) is 190 Å². The number of hydrogen-bond donors (Lipinski definition) is 3. The van der Waals surface area contributed by atoms with Crippen LogP contribution < -0.4 is 0 Å². The van der Waals surface area contributed by atoms with Gasteiger partial charge in [0.05, 0.1) is 0 Å². The summed E-state index contributed by atoms with van der Waals surface area (Å²) in [6.07, 6.45) is 5.57. The lowest BCUT2D eigenvalue weighted by molar-refractivity contribution is 0.322. The van der Waals surface area contributed by atoms with Crippen molar-refractivity contribution in [2.24, 2.45) is 0 Å². The minimum Gasteiger partial charge on any atom is -0.508 e. The molecule has 0 aliphatic rings. The molecule has 1 unspecified atom stereocenters. The molecule has 8 nitrogen and oxygen atoms in total. The second-order valence-electron chi connectivity index (χ2n) is 19.6. The standard InChI is InChI=1S/C24H40O4Si3.C18H38O4Si4/c1-29(2,19-11-15-21-13-7-9-17-23(21)25)27-31(5,6)28-30(3,4)20-12-16-22-14-8-10-18-24(22)26;1-23(2,3)20-25(7,8)22-26(9,21-24(4,5)6)16-12-14-17-13-10-11-15-18(17)19/h7-10,13-14,17-18,25-26H,11-12,15-16,19-20H2,1-6H3;10-11,13,15,19H,12,14,16H2,1-9H3. The molecule has 3 aromatic rings. The third kappa shape index (κ3) is 22.0. The van der Waals surface area contributed by atoms with Crippen LogP contribution in [-0.4, -0.2) is 74.3 Å². The lowest BCUT2D eigenvalue weighted by Crippen LogP contribution is -2.56. The van der Waals surface area contributed by atoms with Crippen LogP contribution in [0.15, 0.2) is 72.8 Å². The van der Waals surface area contributed by atoms with Gasteiger partial charge in [-0.15, -0.1) is 0 Å². The van der Waals surface area contributed by atoms with Gasteiger partial charge in [0.2, 0.25) is 0 Å². The van der Waals surface area contributed by atoms with Crippen LogP contribution in [-0.2, 0) is 39.8 Å². The number of aromatic hydroxyl groups is 3. The van der Waals surface area contributed by atoms with Gasteiger partial charge in [-0.1, -0.05) is 54.6 Å². The largest absolute Gasteiger partial charge is 0.508 e. The molecule has 57 heavy (non-hydrogen) atoms. The molecule has 0 aliphatic carbocycles. The Morgan fingerprint density at radius 2 is 0.667 bits per heavy atom.